The molecule has 7 heteroatoms. The average Bonchev–Trinajstić information content (AvgIpc) is 3.03. The quantitative estimate of drug-likeness (QED) is 0.443. The van der Waals surface area contributed by atoms with E-state index in [1.165, 1.54) is 0 Å². The number of nitrogens with zero attached hydrogens (tertiary/aromatic N) is 4. The number of nitrogens with one attached hydrogen (secondary N) is 1. The van der Waals surface area contributed by atoms with Crippen molar-refractivity contribution in [3.8, 4) is 0 Å². The molecule has 24 heavy (non-hydrogen) atoms. The van der Waals surface area contributed by atoms with E-state index < -0.39 is 0 Å². The maximum Gasteiger partial charge on any atom is 0.194 e. The Morgan fingerprint density at radius 1 is 1.46 bits per heavy atom. The van der Waals surface area contributed by atoms with E-state index in [9.17, 15) is 0 Å². The molecule has 7 nitrogen and oxygen atoms in total. The van der Waals surface area contributed by atoms with Crippen molar-refractivity contribution in [3.05, 3.63) is 18.0 Å². The Bertz CT molecular complexity index is 503. The third kappa shape index (κ3) is 5.79. The van der Waals surface area contributed by atoms with Gasteiger partial charge in [-0.1, -0.05) is 0 Å². The van der Waals surface area contributed by atoms with Gasteiger partial charge in [-0.2, -0.15) is 5.10 Å². The smallest absolute Gasteiger partial charge is 0.194 e. The minimum absolute atomic E-state index is 0.0502. The second-order valence-electron chi connectivity index (χ2n) is 5.89. The highest BCUT2D eigenvalue weighted by Gasteiger charge is 2.25. The van der Waals surface area contributed by atoms with E-state index in [1.807, 2.05) is 31.0 Å². The van der Waals surface area contributed by atoms with Crippen LogP contribution in [-0.2, 0) is 16.5 Å². The summed E-state index contributed by atoms with van der Waals surface area (Å²) in [5, 5.41) is 7.64. The normalized spacial score (nSPS) is 18.9. The highest BCUT2D eigenvalue weighted by molar-refractivity contribution is 5.80. The van der Waals surface area contributed by atoms with Gasteiger partial charge in [-0.3, -0.25) is 9.67 Å². The van der Waals surface area contributed by atoms with E-state index in [0.29, 0.717) is 6.61 Å². The molecule has 136 valence electrons. The van der Waals surface area contributed by atoms with E-state index in [0.717, 1.165) is 63.8 Å². The van der Waals surface area contributed by atoms with Crippen LogP contribution in [0, 0.1) is 0 Å². The molecule has 1 aliphatic heterocycles. The van der Waals surface area contributed by atoms with Gasteiger partial charge in [-0.25, -0.2) is 0 Å². The minimum atomic E-state index is 0.0502. The van der Waals surface area contributed by atoms with E-state index in [4.69, 9.17) is 14.5 Å². The number of aryl methyl sites for hydroxylation is 1. The van der Waals surface area contributed by atoms with Crippen molar-refractivity contribution in [1.29, 1.82) is 0 Å². The molecule has 1 N–H and O–H groups in total. The SMILES string of the molecule is CCNC(=NCCCCOCC)N1CCOC(c2cnn(C)c2)C1. The fourth-order valence-electron chi connectivity index (χ4n) is 2.72. The summed E-state index contributed by atoms with van der Waals surface area (Å²) in [6.45, 7) is 9.80. The summed E-state index contributed by atoms with van der Waals surface area (Å²) in [6.07, 6.45) is 6.05. The van der Waals surface area contributed by atoms with E-state index in [1.54, 1.807) is 0 Å². The van der Waals surface area contributed by atoms with Crippen molar-refractivity contribution in [1.82, 2.24) is 20.0 Å². The Balaban J connectivity index is 1.88. The molecule has 1 aromatic rings. The molecule has 0 aliphatic carbocycles. The first kappa shape index (κ1) is 18.7. The number of unbranched alkanes of at least 4 members (excludes halogenated alkanes) is 1. The molecule has 1 unspecified atom stereocenters. The Morgan fingerprint density at radius 3 is 3.04 bits per heavy atom. The Labute approximate surface area is 145 Å². The molecule has 0 aromatic carbocycles. The fraction of sp³-hybridized carbons (Fsp3) is 0.765. The molecular formula is C17H31N5O2. The van der Waals surface area contributed by atoms with Crippen LogP contribution >= 0.6 is 0 Å². The number of ether oxygens (including phenoxy) is 2. The summed E-state index contributed by atoms with van der Waals surface area (Å²) in [4.78, 5) is 7.05. The maximum atomic E-state index is 5.91. The average molecular weight is 337 g/mol. The molecule has 1 aliphatic rings. The number of aliphatic imine (C=N–C) groups is 1. The Hall–Kier alpha value is -1.60. The molecule has 0 saturated carbocycles. The first-order chi connectivity index (χ1) is 11.7. The zero-order chi connectivity index (χ0) is 17.2. The molecule has 1 fully saturated rings. The summed E-state index contributed by atoms with van der Waals surface area (Å²) in [7, 11) is 1.93. The lowest BCUT2D eigenvalue weighted by Crippen LogP contribution is -2.48. The maximum absolute atomic E-state index is 5.91. The lowest BCUT2D eigenvalue weighted by molar-refractivity contribution is -0.00804. The van der Waals surface area contributed by atoms with Crippen LogP contribution in [0.1, 0.15) is 38.4 Å². The molecule has 0 spiro atoms. The molecular weight excluding hydrogens is 306 g/mol. The number of guanidine groups is 1. The third-order valence-electron chi connectivity index (χ3n) is 3.96. The fourth-order valence-corrected chi connectivity index (χ4v) is 2.72. The first-order valence-corrected chi connectivity index (χ1v) is 8.95. The monoisotopic (exact) mass is 337 g/mol. The van der Waals surface area contributed by atoms with Crippen LogP contribution in [0.15, 0.2) is 17.4 Å². The summed E-state index contributed by atoms with van der Waals surface area (Å²) in [5.41, 5.74) is 1.12. The minimum Gasteiger partial charge on any atom is -0.382 e. The van der Waals surface area contributed by atoms with Crippen molar-refractivity contribution in [3.63, 3.8) is 0 Å². The second kappa shape index (κ2) is 10.3. The topological polar surface area (TPSA) is 63.9 Å². The van der Waals surface area contributed by atoms with Gasteiger partial charge < -0.3 is 19.7 Å². The van der Waals surface area contributed by atoms with Crippen LogP contribution in [0.25, 0.3) is 0 Å². The number of rotatable bonds is 8. The van der Waals surface area contributed by atoms with Crippen LogP contribution < -0.4 is 5.32 Å². The molecule has 1 atom stereocenters. The summed E-state index contributed by atoms with van der Waals surface area (Å²) in [5.74, 6) is 0.978. The third-order valence-corrected chi connectivity index (χ3v) is 3.96. The molecule has 0 radical (unpaired) electrons. The van der Waals surface area contributed by atoms with Crippen molar-refractivity contribution < 1.29 is 9.47 Å². The van der Waals surface area contributed by atoms with Gasteiger partial charge in [0.1, 0.15) is 6.10 Å². The lowest BCUT2D eigenvalue weighted by atomic mass is 10.1. The van der Waals surface area contributed by atoms with Gasteiger partial charge in [-0.15, -0.1) is 0 Å². The van der Waals surface area contributed by atoms with Crippen molar-refractivity contribution in [2.75, 3.05) is 46.0 Å². The predicted octanol–water partition coefficient (Wildman–Crippen LogP) is 1.58. The largest absolute Gasteiger partial charge is 0.382 e. The van der Waals surface area contributed by atoms with E-state index in [-0.39, 0.29) is 6.10 Å². The molecule has 2 rings (SSSR count). The molecule has 0 bridgehead atoms. The predicted molar refractivity (Wildman–Crippen MR) is 95.2 cm³/mol. The summed E-state index contributed by atoms with van der Waals surface area (Å²) < 4.78 is 13.1. The highest BCUT2D eigenvalue weighted by atomic mass is 16.5. The van der Waals surface area contributed by atoms with Crippen LogP contribution in [0.2, 0.25) is 0 Å². The number of morpholine rings is 1. The lowest BCUT2D eigenvalue weighted by Gasteiger charge is -2.34. The van der Waals surface area contributed by atoms with E-state index in [2.05, 4.69) is 22.2 Å². The molecule has 0 amide bonds. The zero-order valence-electron chi connectivity index (χ0n) is 15.2. The van der Waals surface area contributed by atoms with Crippen molar-refractivity contribution in [2.24, 2.45) is 12.0 Å². The molecule has 1 aromatic heterocycles. The van der Waals surface area contributed by atoms with Gasteiger partial charge in [0.05, 0.1) is 19.3 Å². The van der Waals surface area contributed by atoms with Gasteiger partial charge in [0, 0.05) is 51.7 Å². The highest BCUT2D eigenvalue weighted by Crippen LogP contribution is 2.21. The van der Waals surface area contributed by atoms with Crippen molar-refractivity contribution >= 4 is 5.96 Å². The first-order valence-electron chi connectivity index (χ1n) is 8.95. The number of aromatic nitrogens is 2. The van der Waals surface area contributed by atoms with Crippen LogP contribution in [0.5, 0.6) is 0 Å². The second-order valence-corrected chi connectivity index (χ2v) is 5.89. The number of hydrogen-bond acceptors (Lipinski definition) is 4. The Kier molecular flexibility index (Phi) is 8.04. The van der Waals surface area contributed by atoms with Crippen LogP contribution in [0.3, 0.4) is 0 Å². The van der Waals surface area contributed by atoms with Crippen LogP contribution in [0.4, 0.5) is 0 Å². The summed E-state index contributed by atoms with van der Waals surface area (Å²) >= 11 is 0. The molecule has 2 heterocycles. The van der Waals surface area contributed by atoms with Gasteiger partial charge >= 0.3 is 0 Å². The van der Waals surface area contributed by atoms with Gasteiger partial charge in [0.15, 0.2) is 5.96 Å². The van der Waals surface area contributed by atoms with Gasteiger partial charge in [-0.05, 0) is 26.7 Å². The van der Waals surface area contributed by atoms with Crippen molar-refractivity contribution in [2.45, 2.75) is 32.8 Å². The van der Waals surface area contributed by atoms with Crippen LogP contribution in [-0.4, -0.2) is 66.6 Å². The van der Waals surface area contributed by atoms with Gasteiger partial charge in [0.25, 0.3) is 0 Å². The van der Waals surface area contributed by atoms with E-state index >= 15 is 0 Å². The summed E-state index contributed by atoms with van der Waals surface area (Å²) in [6, 6.07) is 0. The number of hydrogen-bond donors (Lipinski definition) is 1. The zero-order valence-corrected chi connectivity index (χ0v) is 15.2. The standard InChI is InChI=1S/C17H31N5O2/c1-4-18-17(19-8-6-7-10-23-5-2)22-9-11-24-16(14-22)15-12-20-21(3)13-15/h12-13,16H,4-11,14H2,1-3H3,(H,18,19). The Morgan fingerprint density at radius 2 is 2.33 bits per heavy atom. The van der Waals surface area contributed by atoms with Gasteiger partial charge in [0.2, 0.25) is 0 Å². The molecule has 1 saturated heterocycles.